The second-order valence-electron chi connectivity index (χ2n) is 5.75. The Morgan fingerprint density at radius 3 is 2.25 bits per heavy atom. The van der Waals surface area contributed by atoms with Gasteiger partial charge in [0.15, 0.2) is 5.03 Å². The van der Waals surface area contributed by atoms with Crippen molar-refractivity contribution in [2.75, 3.05) is 19.5 Å². The Kier molecular flexibility index (Phi) is 5.60. The molecule has 1 heterocycles. The molecule has 0 atom stereocenters. The number of carbonyl (C=O) groups is 1. The molecule has 3 aromatic rings. The van der Waals surface area contributed by atoms with Crippen molar-refractivity contribution >= 4 is 21.4 Å². The van der Waals surface area contributed by atoms with Gasteiger partial charge in [0.25, 0.3) is 5.91 Å². The van der Waals surface area contributed by atoms with Crippen molar-refractivity contribution in [3.63, 3.8) is 0 Å². The molecule has 1 aromatic heterocycles. The van der Waals surface area contributed by atoms with Crippen molar-refractivity contribution in [2.24, 2.45) is 0 Å². The molecule has 0 unspecified atom stereocenters. The Labute approximate surface area is 162 Å². The average molecular weight is 398 g/mol. The summed E-state index contributed by atoms with van der Waals surface area (Å²) < 4.78 is 35.5. The molecule has 0 aliphatic rings. The fourth-order valence-electron chi connectivity index (χ4n) is 2.45. The molecule has 2 aromatic carbocycles. The molecule has 7 nitrogen and oxygen atoms in total. The molecule has 0 aliphatic carbocycles. The lowest BCUT2D eigenvalue weighted by molar-refractivity contribution is 0.102. The number of anilines is 1. The monoisotopic (exact) mass is 398 g/mol. The van der Waals surface area contributed by atoms with Crippen LogP contribution in [0.1, 0.15) is 10.4 Å². The Morgan fingerprint density at radius 2 is 1.64 bits per heavy atom. The predicted molar refractivity (Wildman–Crippen MR) is 104 cm³/mol. The summed E-state index contributed by atoms with van der Waals surface area (Å²) in [4.78, 5) is 16.4. The topological polar surface area (TPSA) is 94.6 Å². The summed E-state index contributed by atoms with van der Waals surface area (Å²) in [5.74, 6) is 0.752. The molecule has 144 valence electrons. The molecule has 1 amide bonds. The fourth-order valence-corrected chi connectivity index (χ4v) is 3.63. The highest BCUT2D eigenvalue weighted by Crippen LogP contribution is 2.22. The lowest BCUT2D eigenvalue weighted by atomic mass is 10.2. The van der Waals surface area contributed by atoms with Gasteiger partial charge in [-0.25, -0.2) is 13.4 Å². The third-order valence-electron chi connectivity index (χ3n) is 3.97. The second kappa shape index (κ2) is 8.10. The van der Waals surface area contributed by atoms with E-state index in [1.165, 1.54) is 44.7 Å². The normalized spacial score (nSPS) is 10.9. The Balaban J connectivity index is 1.79. The largest absolute Gasteiger partial charge is 0.497 e. The van der Waals surface area contributed by atoms with Crippen LogP contribution in [0.15, 0.2) is 76.8 Å². The number of hydrogen-bond acceptors (Lipinski definition) is 6. The molecule has 28 heavy (non-hydrogen) atoms. The first-order valence-corrected chi connectivity index (χ1v) is 9.73. The Bertz CT molecular complexity index is 1080. The summed E-state index contributed by atoms with van der Waals surface area (Å²) in [6.45, 7) is 0. The van der Waals surface area contributed by atoms with Crippen LogP contribution in [0.2, 0.25) is 0 Å². The third-order valence-corrected chi connectivity index (χ3v) is 5.66. The number of sulfone groups is 1. The first kappa shape index (κ1) is 19.4. The number of nitrogens with one attached hydrogen (secondary N) is 1. The predicted octanol–water partition coefficient (Wildman–Crippen LogP) is 3.18. The van der Waals surface area contributed by atoms with E-state index in [0.717, 1.165) is 0 Å². The van der Waals surface area contributed by atoms with Crippen molar-refractivity contribution in [1.82, 2.24) is 4.98 Å². The van der Waals surface area contributed by atoms with E-state index in [1.807, 2.05) is 0 Å². The maximum Gasteiger partial charge on any atom is 0.257 e. The molecule has 0 fully saturated rings. The lowest BCUT2D eigenvalue weighted by Crippen LogP contribution is -2.13. The number of pyridine rings is 1. The van der Waals surface area contributed by atoms with Gasteiger partial charge in [0, 0.05) is 18.0 Å². The minimum Gasteiger partial charge on any atom is -0.497 e. The summed E-state index contributed by atoms with van der Waals surface area (Å²) in [5.41, 5.74) is 0.788. The smallest absolute Gasteiger partial charge is 0.257 e. The van der Waals surface area contributed by atoms with E-state index in [-0.39, 0.29) is 15.5 Å². The van der Waals surface area contributed by atoms with Crippen molar-refractivity contribution < 1.29 is 22.7 Å². The zero-order valence-electron chi connectivity index (χ0n) is 15.2. The van der Waals surface area contributed by atoms with E-state index < -0.39 is 15.7 Å². The van der Waals surface area contributed by atoms with Gasteiger partial charge >= 0.3 is 0 Å². The van der Waals surface area contributed by atoms with Gasteiger partial charge < -0.3 is 14.8 Å². The van der Waals surface area contributed by atoms with Gasteiger partial charge in [-0.1, -0.05) is 6.07 Å². The van der Waals surface area contributed by atoms with Gasteiger partial charge in [-0.2, -0.15) is 0 Å². The summed E-state index contributed by atoms with van der Waals surface area (Å²) >= 11 is 0. The van der Waals surface area contributed by atoms with Crippen LogP contribution in [0.3, 0.4) is 0 Å². The quantitative estimate of drug-likeness (QED) is 0.685. The van der Waals surface area contributed by atoms with Crippen LogP contribution < -0.4 is 14.8 Å². The molecule has 8 heteroatoms. The highest BCUT2D eigenvalue weighted by atomic mass is 32.2. The minimum atomic E-state index is -3.79. The van der Waals surface area contributed by atoms with Crippen LogP contribution in [-0.4, -0.2) is 33.5 Å². The zero-order chi connectivity index (χ0) is 20.1. The van der Waals surface area contributed by atoms with Gasteiger partial charge in [-0.05, 0) is 48.5 Å². The van der Waals surface area contributed by atoms with E-state index in [0.29, 0.717) is 17.2 Å². The summed E-state index contributed by atoms with van der Waals surface area (Å²) in [6, 6.07) is 15.6. The Hall–Kier alpha value is -3.39. The number of amides is 1. The van der Waals surface area contributed by atoms with Gasteiger partial charge in [-0.3, -0.25) is 4.79 Å². The van der Waals surface area contributed by atoms with Crippen LogP contribution >= 0.6 is 0 Å². The van der Waals surface area contributed by atoms with Gasteiger partial charge in [0.1, 0.15) is 11.5 Å². The summed E-state index contributed by atoms with van der Waals surface area (Å²) in [6.07, 6.45) is 1.23. The maximum absolute atomic E-state index is 12.7. The summed E-state index contributed by atoms with van der Waals surface area (Å²) in [7, 11) is -0.754. The van der Waals surface area contributed by atoms with E-state index in [2.05, 4.69) is 10.3 Å². The number of nitrogens with zero attached hydrogens (tertiary/aromatic N) is 1. The Morgan fingerprint density at radius 1 is 0.929 bits per heavy atom. The maximum atomic E-state index is 12.7. The SMILES string of the molecule is COc1ccc(S(=O)(=O)c2ccc(C(=O)Nc3cccc(OC)c3)cn2)cc1. The second-order valence-corrected chi connectivity index (χ2v) is 7.65. The summed E-state index contributed by atoms with van der Waals surface area (Å²) in [5, 5.41) is 2.57. The molecular formula is C20H18N2O5S. The number of ether oxygens (including phenoxy) is 2. The third kappa shape index (κ3) is 4.12. The first-order chi connectivity index (χ1) is 13.4. The number of benzene rings is 2. The molecule has 0 saturated carbocycles. The van der Waals surface area contributed by atoms with Crippen LogP contribution in [0, 0.1) is 0 Å². The van der Waals surface area contributed by atoms with E-state index >= 15 is 0 Å². The number of aromatic nitrogens is 1. The molecular weight excluding hydrogens is 380 g/mol. The molecule has 0 saturated heterocycles. The number of carbonyl (C=O) groups excluding carboxylic acids is 1. The highest BCUT2D eigenvalue weighted by Gasteiger charge is 2.20. The highest BCUT2D eigenvalue weighted by molar-refractivity contribution is 7.91. The fraction of sp³-hybridized carbons (Fsp3) is 0.100. The standard InChI is InChI=1S/C20H18N2O5S/c1-26-16-7-9-18(10-8-16)28(24,25)19-11-6-14(13-21-19)20(23)22-15-4-3-5-17(12-15)27-2/h3-13H,1-2H3,(H,22,23). The van der Waals surface area contributed by atoms with Crippen LogP contribution in [0.25, 0.3) is 0 Å². The average Bonchev–Trinajstić information content (AvgIpc) is 2.74. The van der Waals surface area contributed by atoms with Crippen molar-refractivity contribution in [3.05, 3.63) is 72.4 Å². The number of methoxy groups -OCH3 is 2. The first-order valence-electron chi connectivity index (χ1n) is 8.24. The van der Waals surface area contributed by atoms with E-state index in [1.54, 1.807) is 36.4 Å². The van der Waals surface area contributed by atoms with Gasteiger partial charge in [-0.15, -0.1) is 0 Å². The number of rotatable bonds is 6. The molecule has 1 N–H and O–H groups in total. The van der Waals surface area contributed by atoms with E-state index in [9.17, 15) is 13.2 Å². The van der Waals surface area contributed by atoms with Crippen molar-refractivity contribution in [2.45, 2.75) is 9.92 Å². The van der Waals surface area contributed by atoms with E-state index in [4.69, 9.17) is 9.47 Å². The molecule has 0 spiro atoms. The van der Waals surface area contributed by atoms with Gasteiger partial charge in [0.2, 0.25) is 9.84 Å². The van der Waals surface area contributed by atoms with Gasteiger partial charge in [0.05, 0.1) is 24.7 Å². The van der Waals surface area contributed by atoms with Crippen molar-refractivity contribution in [1.29, 1.82) is 0 Å². The lowest BCUT2D eigenvalue weighted by Gasteiger charge is -2.08. The molecule has 3 rings (SSSR count). The zero-order valence-corrected chi connectivity index (χ0v) is 16.1. The van der Waals surface area contributed by atoms with Crippen molar-refractivity contribution in [3.8, 4) is 11.5 Å². The number of hydrogen-bond donors (Lipinski definition) is 1. The molecule has 0 aliphatic heterocycles. The van der Waals surface area contributed by atoms with Crippen LogP contribution in [-0.2, 0) is 9.84 Å². The minimum absolute atomic E-state index is 0.0920. The molecule has 0 bridgehead atoms. The van der Waals surface area contributed by atoms with Crippen LogP contribution in [0.5, 0.6) is 11.5 Å². The molecule has 0 radical (unpaired) electrons. The van der Waals surface area contributed by atoms with Crippen LogP contribution in [0.4, 0.5) is 5.69 Å².